The summed E-state index contributed by atoms with van der Waals surface area (Å²) in [6.45, 7) is 1.55. The van der Waals surface area contributed by atoms with Crippen LogP contribution >= 0.6 is 15.9 Å². The van der Waals surface area contributed by atoms with Crippen LogP contribution in [-0.2, 0) is 4.79 Å². The van der Waals surface area contributed by atoms with Crippen molar-refractivity contribution in [2.24, 2.45) is 5.10 Å². The molecule has 0 saturated heterocycles. The molecule has 0 aromatic heterocycles. The lowest BCUT2D eigenvalue weighted by Gasteiger charge is -2.13. The normalized spacial score (nSPS) is 12.2. The summed E-state index contributed by atoms with van der Waals surface area (Å²) in [5.41, 5.74) is 2.15. The first-order valence-electron chi connectivity index (χ1n) is 6.66. The van der Waals surface area contributed by atoms with E-state index in [0.29, 0.717) is 10.2 Å². The number of benzene rings is 2. The van der Waals surface area contributed by atoms with Crippen molar-refractivity contribution in [1.82, 2.24) is 5.43 Å². The molecule has 1 N–H and O–H groups in total. The van der Waals surface area contributed by atoms with Crippen LogP contribution in [0, 0.1) is 11.6 Å². The molecule has 23 heavy (non-hydrogen) atoms. The van der Waals surface area contributed by atoms with Crippen LogP contribution in [0.3, 0.4) is 0 Å². The standard InChI is InChI=1S/C16H13BrF2N2O2/c1-10(23-15-5-3-2-4-13(15)17)16(22)21-20-9-11-8-12(18)6-7-14(11)19/h2-10H,1H3,(H,21,22)/b20-9-/t10-/m1/s1. The van der Waals surface area contributed by atoms with Crippen molar-refractivity contribution in [3.63, 3.8) is 0 Å². The molecule has 1 atom stereocenters. The molecular weight excluding hydrogens is 370 g/mol. The predicted octanol–water partition coefficient (Wildman–Crippen LogP) is 3.64. The lowest BCUT2D eigenvalue weighted by molar-refractivity contribution is -0.127. The van der Waals surface area contributed by atoms with Crippen LogP contribution in [0.5, 0.6) is 5.75 Å². The van der Waals surface area contributed by atoms with Gasteiger partial charge in [0.25, 0.3) is 5.91 Å². The summed E-state index contributed by atoms with van der Waals surface area (Å²) >= 11 is 3.31. The molecule has 2 aromatic carbocycles. The topological polar surface area (TPSA) is 50.7 Å². The number of carbonyl (C=O) groups is 1. The number of rotatable bonds is 5. The zero-order chi connectivity index (χ0) is 16.8. The monoisotopic (exact) mass is 382 g/mol. The van der Waals surface area contributed by atoms with Gasteiger partial charge in [-0.3, -0.25) is 4.79 Å². The van der Waals surface area contributed by atoms with Crippen LogP contribution in [0.4, 0.5) is 8.78 Å². The van der Waals surface area contributed by atoms with Gasteiger partial charge in [0.1, 0.15) is 17.4 Å². The van der Waals surface area contributed by atoms with E-state index in [2.05, 4.69) is 26.5 Å². The van der Waals surface area contributed by atoms with E-state index in [-0.39, 0.29) is 5.56 Å². The summed E-state index contributed by atoms with van der Waals surface area (Å²) in [4.78, 5) is 11.9. The van der Waals surface area contributed by atoms with Crippen LogP contribution in [-0.4, -0.2) is 18.2 Å². The second-order valence-corrected chi connectivity index (χ2v) is 5.44. The lowest BCUT2D eigenvalue weighted by atomic mass is 10.2. The highest BCUT2D eigenvalue weighted by Gasteiger charge is 2.15. The van der Waals surface area contributed by atoms with Gasteiger partial charge < -0.3 is 4.74 Å². The Bertz CT molecular complexity index is 738. The predicted molar refractivity (Wildman–Crippen MR) is 86.3 cm³/mol. The van der Waals surface area contributed by atoms with E-state index in [9.17, 15) is 13.6 Å². The van der Waals surface area contributed by atoms with E-state index in [1.807, 2.05) is 6.07 Å². The zero-order valence-electron chi connectivity index (χ0n) is 12.1. The van der Waals surface area contributed by atoms with Gasteiger partial charge in [0.05, 0.1) is 10.7 Å². The van der Waals surface area contributed by atoms with Crippen molar-refractivity contribution in [3.8, 4) is 5.75 Å². The smallest absolute Gasteiger partial charge is 0.280 e. The van der Waals surface area contributed by atoms with Gasteiger partial charge in [0, 0.05) is 5.56 Å². The maximum atomic E-state index is 13.4. The second-order valence-electron chi connectivity index (χ2n) is 4.59. The van der Waals surface area contributed by atoms with E-state index in [1.54, 1.807) is 25.1 Å². The largest absolute Gasteiger partial charge is 0.480 e. The summed E-state index contributed by atoms with van der Waals surface area (Å²) in [6, 6.07) is 10.0. The van der Waals surface area contributed by atoms with E-state index >= 15 is 0 Å². The molecule has 0 aliphatic heterocycles. The van der Waals surface area contributed by atoms with Crippen LogP contribution in [0.2, 0.25) is 0 Å². The van der Waals surface area contributed by atoms with Crippen LogP contribution in [0.25, 0.3) is 0 Å². The van der Waals surface area contributed by atoms with Crippen molar-refractivity contribution in [1.29, 1.82) is 0 Å². The molecule has 0 unspecified atom stereocenters. The number of ether oxygens (including phenoxy) is 1. The minimum absolute atomic E-state index is 0.0651. The van der Waals surface area contributed by atoms with Crippen molar-refractivity contribution in [2.75, 3.05) is 0 Å². The summed E-state index contributed by atoms with van der Waals surface area (Å²) in [5.74, 6) is -1.24. The minimum atomic E-state index is -0.816. The number of hydrogen-bond donors (Lipinski definition) is 1. The van der Waals surface area contributed by atoms with E-state index < -0.39 is 23.6 Å². The van der Waals surface area contributed by atoms with Crippen molar-refractivity contribution < 1.29 is 18.3 Å². The quantitative estimate of drug-likeness (QED) is 0.633. The number of amides is 1. The Morgan fingerprint density at radius 2 is 2.04 bits per heavy atom. The Labute approximate surface area is 140 Å². The number of hydrazone groups is 1. The Balaban J connectivity index is 1.95. The Hall–Kier alpha value is -2.28. The fraction of sp³-hybridized carbons (Fsp3) is 0.125. The average Bonchev–Trinajstić information content (AvgIpc) is 2.52. The maximum absolute atomic E-state index is 13.4. The average molecular weight is 383 g/mol. The molecule has 0 saturated carbocycles. The lowest BCUT2D eigenvalue weighted by Crippen LogP contribution is -2.33. The highest BCUT2D eigenvalue weighted by Crippen LogP contribution is 2.24. The minimum Gasteiger partial charge on any atom is -0.480 e. The van der Waals surface area contributed by atoms with Crippen LogP contribution in [0.15, 0.2) is 52.0 Å². The molecule has 7 heteroatoms. The van der Waals surface area contributed by atoms with Gasteiger partial charge >= 0.3 is 0 Å². The molecule has 0 heterocycles. The molecule has 0 radical (unpaired) electrons. The molecule has 120 valence electrons. The van der Waals surface area contributed by atoms with Gasteiger partial charge in [-0.25, -0.2) is 14.2 Å². The molecule has 0 aliphatic carbocycles. The van der Waals surface area contributed by atoms with Gasteiger partial charge in [-0.2, -0.15) is 5.10 Å². The van der Waals surface area contributed by atoms with Gasteiger partial charge in [0.15, 0.2) is 6.10 Å². The molecule has 2 rings (SSSR count). The summed E-state index contributed by atoms with van der Waals surface area (Å²) in [6.07, 6.45) is 0.213. The van der Waals surface area contributed by atoms with Crippen molar-refractivity contribution in [2.45, 2.75) is 13.0 Å². The SMILES string of the molecule is C[C@@H](Oc1ccccc1Br)C(=O)N/N=C\c1cc(F)ccc1F. The molecular formula is C16H13BrF2N2O2. The molecule has 0 bridgehead atoms. The number of carbonyl (C=O) groups excluding carboxylic acids is 1. The fourth-order valence-corrected chi connectivity index (χ4v) is 2.03. The third kappa shape index (κ3) is 4.85. The number of nitrogens with zero attached hydrogens (tertiary/aromatic N) is 1. The maximum Gasteiger partial charge on any atom is 0.280 e. The van der Waals surface area contributed by atoms with Crippen molar-refractivity contribution in [3.05, 3.63) is 64.1 Å². The second kappa shape index (κ2) is 7.82. The molecule has 0 spiro atoms. The van der Waals surface area contributed by atoms with Gasteiger partial charge in [-0.1, -0.05) is 12.1 Å². The van der Waals surface area contributed by atoms with E-state index in [4.69, 9.17) is 4.74 Å². The summed E-state index contributed by atoms with van der Waals surface area (Å²) in [7, 11) is 0. The molecule has 0 aliphatic rings. The Kier molecular flexibility index (Phi) is 5.81. The number of para-hydroxylation sites is 1. The first kappa shape index (κ1) is 17.1. The molecule has 0 fully saturated rings. The van der Waals surface area contributed by atoms with E-state index in [0.717, 1.165) is 24.4 Å². The first-order valence-corrected chi connectivity index (χ1v) is 7.46. The van der Waals surface area contributed by atoms with Crippen molar-refractivity contribution >= 4 is 28.1 Å². The fourth-order valence-electron chi connectivity index (χ4n) is 1.65. The summed E-state index contributed by atoms with van der Waals surface area (Å²) < 4.78 is 32.6. The Morgan fingerprint density at radius 1 is 1.30 bits per heavy atom. The highest BCUT2D eigenvalue weighted by molar-refractivity contribution is 9.10. The third-order valence-corrected chi connectivity index (χ3v) is 3.50. The third-order valence-electron chi connectivity index (χ3n) is 2.85. The molecule has 2 aromatic rings. The van der Waals surface area contributed by atoms with Gasteiger partial charge in [-0.15, -0.1) is 0 Å². The highest BCUT2D eigenvalue weighted by atomic mass is 79.9. The Morgan fingerprint density at radius 3 is 2.78 bits per heavy atom. The van der Waals surface area contributed by atoms with E-state index in [1.165, 1.54) is 0 Å². The summed E-state index contributed by atoms with van der Waals surface area (Å²) in [5, 5.41) is 3.61. The van der Waals surface area contributed by atoms with Crippen LogP contribution < -0.4 is 10.2 Å². The molecule has 4 nitrogen and oxygen atoms in total. The van der Waals surface area contributed by atoms with Gasteiger partial charge in [0.2, 0.25) is 0 Å². The van der Waals surface area contributed by atoms with Crippen LogP contribution in [0.1, 0.15) is 12.5 Å². The number of nitrogens with one attached hydrogen (secondary N) is 1. The first-order chi connectivity index (χ1) is 11.0. The number of hydrogen-bond acceptors (Lipinski definition) is 3. The van der Waals surface area contributed by atoms with Gasteiger partial charge in [-0.05, 0) is 53.2 Å². The number of halogens is 3. The zero-order valence-corrected chi connectivity index (χ0v) is 13.7. The molecule has 1 amide bonds.